The van der Waals surface area contributed by atoms with Crippen LogP contribution in [0.2, 0.25) is 0 Å². The van der Waals surface area contributed by atoms with E-state index in [2.05, 4.69) is 110 Å². The highest BCUT2D eigenvalue weighted by atomic mass is 15.1. The summed E-state index contributed by atoms with van der Waals surface area (Å²) < 4.78 is 0. The van der Waals surface area contributed by atoms with Crippen LogP contribution in [0.5, 0.6) is 0 Å². The molecule has 2 heteroatoms. The Morgan fingerprint density at radius 2 is 1.52 bits per heavy atom. The Kier molecular flexibility index (Phi) is 7.89. The van der Waals surface area contributed by atoms with Gasteiger partial charge in [0.15, 0.2) is 0 Å². The molecule has 0 bridgehead atoms. The van der Waals surface area contributed by atoms with Gasteiger partial charge in [-0.3, -0.25) is 4.90 Å². The summed E-state index contributed by atoms with van der Waals surface area (Å²) in [5.41, 5.74) is 6.58. The van der Waals surface area contributed by atoms with E-state index in [4.69, 9.17) is 0 Å². The van der Waals surface area contributed by atoms with Gasteiger partial charge in [0.1, 0.15) is 0 Å². The summed E-state index contributed by atoms with van der Waals surface area (Å²) in [6, 6.07) is 28.7. The van der Waals surface area contributed by atoms with Gasteiger partial charge >= 0.3 is 0 Å². The van der Waals surface area contributed by atoms with Gasteiger partial charge in [0.05, 0.1) is 0 Å². The Labute approximate surface area is 176 Å². The van der Waals surface area contributed by atoms with Crippen LogP contribution >= 0.6 is 0 Å². The van der Waals surface area contributed by atoms with E-state index in [-0.39, 0.29) is 0 Å². The number of nitrogens with zero attached hydrogens (tertiary/aromatic N) is 1. The molecule has 0 aliphatic carbocycles. The smallest absolute Gasteiger partial charge is 0.0400 e. The molecular weight excluding hydrogens is 352 g/mol. The van der Waals surface area contributed by atoms with Crippen molar-refractivity contribution in [2.45, 2.75) is 52.7 Å². The van der Waals surface area contributed by atoms with Crippen molar-refractivity contribution < 1.29 is 0 Å². The van der Waals surface area contributed by atoms with Crippen molar-refractivity contribution in [2.24, 2.45) is 0 Å². The molecule has 0 spiro atoms. The molecule has 0 aliphatic heterocycles. The zero-order valence-electron chi connectivity index (χ0n) is 18.1. The van der Waals surface area contributed by atoms with E-state index in [1.165, 1.54) is 40.8 Å². The molecule has 0 fully saturated rings. The Bertz CT molecular complexity index is 858. The van der Waals surface area contributed by atoms with E-state index >= 15 is 0 Å². The first-order valence-electron chi connectivity index (χ1n) is 10.8. The fourth-order valence-electron chi connectivity index (χ4n) is 3.68. The molecule has 0 aromatic heterocycles. The molecule has 0 saturated carbocycles. The van der Waals surface area contributed by atoms with E-state index in [1.54, 1.807) is 0 Å². The molecule has 0 radical (unpaired) electrons. The van der Waals surface area contributed by atoms with Crippen molar-refractivity contribution in [2.75, 3.05) is 11.9 Å². The highest BCUT2D eigenvalue weighted by Crippen LogP contribution is 2.27. The van der Waals surface area contributed by atoms with Crippen molar-refractivity contribution in [3.8, 4) is 0 Å². The number of benzene rings is 3. The van der Waals surface area contributed by atoms with Crippen molar-refractivity contribution in [3.63, 3.8) is 0 Å². The number of rotatable bonds is 10. The summed E-state index contributed by atoms with van der Waals surface area (Å²) in [5.74, 6) is 0. The van der Waals surface area contributed by atoms with Crippen LogP contribution in [-0.4, -0.2) is 11.4 Å². The van der Waals surface area contributed by atoms with Gasteiger partial charge in [0, 0.05) is 24.8 Å². The molecule has 0 amide bonds. The highest BCUT2D eigenvalue weighted by molar-refractivity contribution is 5.53. The molecule has 3 aromatic rings. The molecule has 2 nitrogen and oxygen atoms in total. The number of anilines is 1. The highest BCUT2D eigenvalue weighted by Gasteiger charge is 2.17. The number of unbranched alkanes of at least 4 members (excludes halogenated alkanes) is 1. The molecule has 0 heterocycles. The maximum atomic E-state index is 3.64. The second-order valence-corrected chi connectivity index (χ2v) is 7.90. The Morgan fingerprint density at radius 1 is 0.862 bits per heavy atom. The second kappa shape index (κ2) is 10.8. The quantitative estimate of drug-likeness (QED) is 0.405. The van der Waals surface area contributed by atoms with Crippen molar-refractivity contribution in [3.05, 3.63) is 101 Å². The lowest BCUT2D eigenvalue weighted by molar-refractivity contribution is 0.198. The van der Waals surface area contributed by atoms with Crippen molar-refractivity contribution >= 4 is 5.69 Å². The van der Waals surface area contributed by atoms with Crippen molar-refractivity contribution in [1.82, 2.24) is 4.90 Å². The van der Waals surface area contributed by atoms with Crippen LogP contribution in [0.4, 0.5) is 5.69 Å². The lowest BCUT2D eigenvalue weighted by Crippen LogP contribution is -2.28. The predicted octanol–water partition coefficient (Wildman–Crippen LogP) is 6.97. The van der Waals surface area contributed by atoms with Crippen LogP contribution in [-0.2, 0) is 13.1 Å². The average molecular weight is 387 g/mol. The first-order valence-corrected chi connectivity index (χ1v) is 10.8. The molecule has 0 unspecified atom stereocenters. The number of hydrogen-bond donors (Lipinski definition) is 1. The standard InChI is InChI=1S/C27H34N2/c1-4-5-18-29(21-25-14-10-7-11-15-25)23(3)26-17-16-22(2)27(19-26)28-20-24-12-8-6-9-13-24/h6-17,19,23,28H,4-5,18,20-21H2,1-3H3/t23-/m0/s1. The van der Waals surface area contributed by atoms with Crippen LogP contribution in [0.3, 0.4) is 0 Å². The Hall–Kier alpha value is -2.58. The van der Waals surface area contributed by atoms with Gasteiger partial charge in [0.2, 0.25) is 0 Å². The molecule has 152 valence electrons. The first-order chi connectivity index (χ1) is 14.2. The average Bonchev–Trinajstić information content (AvgIpc) is 2.77. The topological polar surface area (TPSA) is 15.3 Å². The van der Waals surface area contributed by atoms with E-state index in [9.17, 15) is 0 Å². The van der Waals surface area contributed by atoms with Crippen molar-refractivity contribution in [1.29, 1.82) is 0 Å². The molecule has 3 aromatic carbocycles. The van der Waals surface area contributed by atoms with Gasteiger partial charge < -0.3 is 5.32 Å². The van der Waals surface area contributed by atoms with Gasteiger partial charge in [-0.15, -0.1) is 0 Å². The van der Waals surface area contributed by atoms with E-state index in [0.717, 1.165) is 19.6 Å². The molecule has 29 heavy (non-hydrogen) atoms. The Balaban J connectivity index is 1.75. The SMILES string of the molecule is CCCCN(Cc1ccccc1)[C@@H](C)c1ccc(C)c(NCc2ccccc2)c1. The van der Waals surface area contributed by atoms with Crippen LogP contribution in [0.25, 0.3) is 0 Å². The minimum Gasteiger partial charge on any atom is -0.381 e. The zero-order valence-corrected chi connectivity index (χ0v) is 18.1. The van der Waals surface area contributed by atoms with E-state index < -0.39 is 0 Å². The van der Waals surface area contributed by atoms with Crippen LogP contribution < -0.4 is 5.32 Å². The summed E-state index contributed by atoms with van der Waals surface area (Å²) in [4.78, 5) is 2.60. The molecule has 3 rings (SSSR count). The van der Waals surface area contributed by atoms with Gasteiger partial charge in [0.25, 0.3) is 0 Å². The number of hydrogen-bond acceptors (Lipinski definition) is 2. The maximum Gasteiger partial charge on any atom is 0.0400 e. The molecule has 0 saturated heterocycles. The molecule has 1 N–H and O–H groups in total. The minimum atomic E-state index is 0.375. The largest absolute Gasteiger partial charge is 0.381 e. The minimum absolute atomic E-state index is 0.375. The summed E-state index contributed by atoms with van der Waals surface area (Å²) in [7, 11) is 0. The number of nitrogens with one attached hydrogen (secondary N) is 1. The number of aryl methyl sites for hydroxylation is 1. The van der Waals surface area contributed by atoms with Crippen LogP contribution in [0.1, 0.15) is 55.0 Å². The lowest BCUT2D eigenvalue weighted by atomic mass is 10.0. The Morgan fingerprint density at radius 3 is 2.17 bits per heavy atom. The zero-order chi connectivity index (χ0) is 20.5. The summed E-state index contributed by atoms with van der Waals surface area (Å²) in [5, 5.41) is 3.64. The third-order valence-electron chi connectivity index (χ3n) is 5.64. The third kappa shape index (κ3) is 6.20. The predicted molar refractivity (Wildman–Crippen MR) is 125 cm³/mol. The van der Waals surface area contributed by atoms with Gasteiger partial charge in [-0.25, -0.2) is 0 Å². The lowest BCUT2D eigenvalue weighted by Gasteiger charge is -2.30. The monoisotopic (exact) mass is 386 g/mol. The summed E-state index contributed by atoms with van der Waals surface area (Å²) in [6.45, 7) is 9.74. The summed E-state index contributed by atoms with van der Waals surface area (Å²) in [6.07, 6.45) is 2.44. The van der Waals surface area contributed by atoms with E-state index in [1.807, 2.05) is 0 Å². The fraction of sp³-hybridized carbons (Fsp3) is 0.333. The van der Waals surface area contributed by atoms with Gasteiger partial charge in [-0.2, -0.15) is 0 Å². The van der Waals surface area contributed by atoms with E-state index in [0.29, 0.717) is 6.04 Å². The first kappa shape index (κ1) is 21.1. The molecule has 1 atom stereocenters. The fourth-order valence-corrected chi connectivity index (χ4v) is 3.68. The maximum absolute atomic E-state index is 3.64. The normalized spacial score (nSPS) is 12.1. The molecule has 0 aliphatic rings. The molecular formula is C27H34N2. The van der Waals surface area contributed by atoms with Gasteiger partial charge in [-0.05, 0) is 55.1 Å². The second-order valence-electron chi connectivity index (χ2n) is 7.90. The van der Waals surface area contributed by atoms with Gasteiger partial charge in [-0.1, -0.05) is 86.1 Å². The third-order valence-corrected chi connectivity index (χ3v) is 5.64. The van der Waals surface area contributed by atoms with Crippen LogP contribution in [0, 0.1) is 6.92 Å². The summed E-state index contributed by atoms with van der Waals surface area (Å²) >= 11 is 0. The van der Waals surface area contributed by atoms with Crippen LogP contribution in [0.15, 0.2) is 78.9 Å².